The SMILES string of the molecule is CSC(C)(C)CNC(=O)NCCc1csc(C(C)C)n1. The second-order valence-electron chi connectivity index (χ2n) is 5.66. The van der Waals surface area contributed by atoms with Gasteiger partial charge in [0.25, 0.3) is 0 Å². The van der Waals surface area contributed by atoms with Crippen LogP contribution in [-0.4, -0.2) is 35.1 Å². The maximum atomic E-state index is 11.7. The molecule has 1 rings (SSSR count). The lowest BCUT2D eigenvalue weighted by molar-refractivity contribution is 0.240. The zero-order valence-corrected chi connectivity index (χ0v) is 14.6. The Balaban J connectivity index is 2.24. The zero-order valence-electron chi connectivity index (χ0n) is 12.9. The first-order valence-electron chi connectivity index (χ1n) is 6.85. The Morgan fingerprint density at radius 3 is 2.70 bits per heavy atom. The normalized spacial score (nSPS) is 11.7. The Labute approximate surface area is 130 Å². The second kappa shape index (κ2) is 7.88. The molecule has 2 amide bonds. The van der Waals surface area contributed by atoms with Crippen molar-refractivity contribution in [3.8, 4) is 0 Å². The summed E-state index contributed by atoms with van der Waals surface area (Å²) in [7, 11) is 0. The van der Waals surface area contributed by atoms with E-state index >= 15 is 0 Å². The number of carbonyl (C=O) groups excluding carboxylic acids is 1. The van der Waals surface area contributed by atoms with Crippen LogP contribution in [0.25, 0.3) is 0 Å². The van der Waals surface area contributed by atoms with Crippen LogP contribution in [0.2, 0.25) is 0 Å². The highest BCUT2D eigenvalue weighted by Crippen LogP contribution is 2.20. The van der Waals surface area contributed by atoms with Gasteiger partial charge in [-0.2, -0.15) is 11.8 Å². The molecule has 2 N–H and O–H groups in total. The molecule has 4 nitrogen and oxygen atoms in total. The summed E-state index contributed by atoms with van der Waals surface area (Å²) in [5.41, 5.74) is 1.06. The number of thiazole rings is 1. The third-order valence-electron chi connectivity index (χ3n) is 2.96. The number of aromatic nitrogens is 1. The van der Waals surface area contributed by atoms with Gasteiger partial charge < -0.3 is 10.6 Å². The molecule has 0 radical (unpaired) electrons. The Hall–Kier alpha value is -0.750. The molecule has 0 atom stereocenters. The molecule has 1 heterocycles. The van der Waals surface area contributed by atoms with Gasteiger partial charge in [-0.1, -0.05) is 13.8 Å². The first kappa shape index (κ1) is 17.3. The number of thioether (sulfide) groups is 1. The molecule has 0 fully saturated rings. The van der Waals surface area contributed by atoms with E-state index in [0.29, 0.717) is 19.0 Å². The quantitative estimate of drug-likeness (QED) is 0.812. The largest absolute Gasteiger partial charge is 0.338 e. The lowest BCUT2D eigenvalue weighted by Crippen LogP contribution is -2.42. The van der Waals surface area contributed by atoms with Crippen LogP contribution in [0.3, 0.4) is 0 Å². The van der Waals surface area contributed by atoms with Crippen LogP contribution < -0.4 is 10.6 Å². The van der Waals surface area contributed by atoms with E-state index in [2.05, 4.69) is 48.7 Å². The Bertz CT molecular complexity index is 430. The summed E-state index contributed by atoms with van der Waals surface area (Å²) in [6, 6.07) is -0.105. The number of nitrogens with one attached hydrogen (secondary N) is 2. The molecule has 6 heteroatoms. The fourth-order valence-corrected chi connectivity index (χ4v) is 2.52. The number of rotatable bonds is 7. The summed E-state index contributed by atoms with van der Waals surface area (Å²) < 4.78 is 0.0679. The fourth-order valence-electron chi connectivity index (χ4n) is 1.43. The maximum Gasteiger partial charge on any atom is 0.314 e. The van der Waals surface area contributed by atoms with Crippen molar-refractivity contribution in [1.29, 1.82) is 0 Å². The van der Waals surface area contributed by atoms with E-state index in [-0.39, 0.29) is 10.8 Å². The number of hydrogen-bond acceptors (Lipinski definition) is 4. The lowest BCUT2D eigenvalue weighted by Gasteiger charge is -2.22. The second-order valence-corrected chi connectivity index (χ2v) is 8.06. The van der Waals surface area contributed by atoms with Gasteiger partial charge in [-0.25, -0.2) is 9.78 Å². The van der Waals surface area contributed by atoms with Crippen molar-refractivity contribution in [2.75, 3.05) is 19.3 Å². The molecule has 0 saturated carbocycles. The molecular weight excluding hydrogens is 290 g/mol. The third kappa shape index (κ3) is 6.13. The average Bonchev–Trinajstić information content (AvgIpc) is 2.85. The smallest absolute Gasteiger partial charge is 0.314 e. The third-order valence-corrected chi connectivity index (χ3v) is 5.40. The highest BCUT2D eigenvalue weighted by atomic mass is 32.2. The monoisotopic (exact) mass is 315 g/mol. The molecule has 1 aromatic heterocycles. The van der Waals surface area contributed by atoms with Gasteiger partial charge in [0.2, 0.25) is 0 Å². The van der Waals surface area contributed by atoms with Crippen LogP contribution in [0.15, 0.2) is 5.38 Å². The van der Waals surface area contributed by atoms with Gasteiger partial charge in [0.15, 0.2) is 0 Å². The summed E-state index contributed by atoms with van der Waals surface area (Å²) >= 11 is 3.43. The average molecular weight is 316 g/mol. The standard InChI is InChI=1S/C14H25N3OS2/c1-10(2)12-17-11(8-20-12)6-7-15-13(18)16-9-14(3,4)19-5/h8,10H,6-7,9H2,1-5H3,(H2,15,16,18). The minimum Gasteiger partial charge on any atom is -0.338 e. The highest BCUT2D eigenvalue weighted by molar-refractivity contribution is 7.99. The summed E-state index contributed by atoms with van der Waals surface area (Å²) in [6.07, 6.45) is 2.83. The summed E-state index contributed by atoms with van der Waals surface area (Å²) in [6.45, 7) is 9.78. The number of amides is 2. The van der Waals surface area contributed by atoms with E-state index in [9.17, 15) is 4.79 Å². The van der Waals surface area contributed by atoms with Crippen molar-refractivity contribution < 1.29 is 4.79 Å². The van der Waals surface area contributed by atoms with Crippen molar-refractivity contribution in [1.82, 2.24) is 15.6 Å². The maximum absolute atomic E-state index is 11.7. The molecule has 0 aliphatic rings. The van der Waals surface area contributed by atoms with Gasteiger partial charge in [0.05, 0.1) is 10.7 Å². The lowest BCUT2D eigenvalue weighted by atomic mass is 10.2. The van der Waals surface area contributed by atoms with Crippen molar-refractivity contribution in [2.24, 2.45) is 0 Å². The van der Waals surface area contributed by atoms with Crippen LogP contribution in [0, 0.1) is 0 Å². The Morgan fingerprint density at radius 2 is 2.15 bits per heavy atom. The molecule has 20 heavy (non-hydrogen) atoms. The van der Waals surface area contributed by atoms with Crippen molar-refractivity contribution in [3.05, 3.63) is 16.1 Å². The first-order valence-corrected chi connectivity index (χ1v) is 8.95. The van der Waals surface area contributed by atoms with Gasteiger partial charge in [-0.05, 0) is 20.1 Å². The van der Waals surface area contributed by atoms with E-state index in [1.54, 1.807) is 23.1 Å². The van der Waals surface area contributed by atoms with Crippen LogP contribution in [-0.2, 0) is 6.42 Å². The molecular formula is C14H25N3OS2. The first-order chi connectivity index (χ1) is 9.34. The molecule has 114 valence electrons. The number of hydrogen-bond donors (Lipinski definition) is 2. The molecule has 0 saturated heterocycles. The van der Waals surface area contributed by atoms with E-state index < -0.39 is 0 Å². The molecule has 0 aromatic carbocycles. The van der Waals surface area contributed by atoms with E-state index in [4.69, 9.17) is 0 Å². The van der Waals surface area contributed by atoms with Gasteiger partial charge in [0, 0.05) is 35.6 Å². The van der Waals surface area contributed by atoms with Crippen molar-refractivity contribution >= 4 is 29.1 Å². The van der Waals surface area contributed by atoms with Crippen LogP contribution in [0.5, 0.6) is 0 Å². The van der Waals surface area contributed by atoms with Gasteiger partial charge in [-0.15, -0.1) is 11.3 Å². The van der Waals surface area contributed by atoms with Crippen LogP contribution >= 0.6 is 23.1 Å². The molecule has 1 aromatic rings. The Morgan fingerprint density at radius 1 is 1.45 bits per heavy atom. The van der Waals surface area contributed by atoms with E-state index in [0.717, 1.165) is 17.1 Å². The molecule has 0 aliphatic heterocycles. The van der Waals surface area contributed by atoms with Crippen molar-refractivity contribution in [2.45, 2.75) is 44.8 Å². The predicted octanol–water partition coefficient (Wildman–Crippen LogP) is 3.25. The summed E-state index contributed by atoms with van der Waals surface area (Å²) in [5.74, 6) is 0.471. The van der Waals surface area contributed by atoms with Crippen LogP contribution in [0.4, 0.5) is 4.79 Å². The topological polar surface area (TPSA) is 54.0 Å². The molecule has 0 spiro atoms. The minimum atomic E-state index is -0.105. The fraction of sp³-hybridized carbons (Fsp3) is 0.714. The minimum absolute atomic E-state index is 0.0679. The number of nitrogens with zero attached hydrogens (tertiary/aromatic N) is 1. The Kier molecular flexibility index (Phi) is 6.82. The highest BCUT2D eigenvalue weighted by Gasteiger charge is 2.16. The van der Waals surface area contributed by atoms with E-state index in [1.165, 1.54) is 0 Å². The van der Waals surface area contributed by atoms with Gasteiger partial charge in [-0.3, -0.25) is 0 Å². The summed E-state index contributed by atoms with van der Waals surface area (Å²) in [5, 5.41) is 9.00. The predicted molar refractivity (Wildman–Crippen MR) is 88.9 cm³/mol. The van der Waals surface area contributed by atoms with Crippen molar-refractivity contribution in [3.63, 3.8) is 0 Å². The number of carbonyl (C=O) groups is 1. The molecule has 0 unspecified atom stereocenters. The molecule has 0 aliphatic carbocycles. The number of urea groups is 1. The zero-order chi connectivity index (χ0) is 15.2. The molecule has 0 bridgehead atoms. The van der Waals surface area contributed by atoms with Gasteiger partial charge in [0.1, 0.15) is 0 Å². The van der Waals surface area contributed by atoms with E-state index in [1.807, 2.05) is 6.26 Å². The van der Waals surface area contributed by atoms with Crippen LogP contribution in [0.1, 0.15) is 44.3 Å². The summed E-state index contributed by atoms with van der Waals surface area (Å²) in [4.78, 5) is 16.2. The van der Waals surface area contributed by atoms with Gasteiger partial charge >= 0.3 is 6.03 Å².